The number of hydrogen-bond acceptors (Lipinski definition) is 4. The number of carbonyl (C=O) groups is 1. The van der Waals surface area contributed by atoms with Gasteiger partial charge < -0.3 is 10.1 Å². The highest BCUT2D eigenvalue weighted by Crippen LogP contribution is 2.29. The van der Waals surface area contributed by atoms with Gasteiger partial charge in [0.25, 0.3) is 5.91 Å². The second-order valence-electron chi connectivity index (χ2n) is 5.33. The van der Waals surface area contributed by atoms with Crippen molar-refractivity contribution in [1.29, 1.82) is 0 Å². The maximum atomic E-state index is 12.9. The summed E-state index contributed by atoms with van der Waals surface area (Å²) in [4.78, 5) is 12.1. The predicted octanol–water partition coefficient (Wildman–Crippen LogP) is 1.79. The molecule has 1 fully saturated rings. The molecule has 6 nitrogen and oxygen atoms in total. The van der Waals surface area contributed by atoms with E-state index in [1.54, 1.807) is 12.1 Å². The molecule has 1 aliphatic heterocycles. The number of hydrogen-bond donors (Lipinski definition) is 1. The second kappa shape index (κ2) is 7.61. The summed E-state index contributed by atoms with van der Waals surface area (Å²) >= 11 is 0. The summed E-state index contributed by atoms with van der Waals surface area (Å²) in [5.41, 5.74) is 0.281. The van der Waals surface area contributed by atoms with Gasteiger partial charge in [-0.15, -0.1) is 6.58 Å². The van der Waals surface area contributed by atoms with E-state index in [0.29, 0.717) is 19.6 Å². The maximum absolute atomic E-state index is 12.9. The standard InChI is InChI=1S/C16H22N2O4S/c1-3-9-17-16(19)13-7-8-14(22-2)15(12-13)23(20,21)18-10-5-4-6-11-18/h3,7-8,12H,1,4-6,9-11H2,2H3,(H,17,19). The van der Waals surface area contributed by atoms with Crippen molar-refractivity contribution in [2.75, 3.05) is 26.7 Å². The molecule has 1 aliphatic rings. The van der Waals surface area contributed by atoms with E-state index in [1.807, 2.05) is 0 Å². The average Bonchev–Trinajstić information content (AvgIpc) is 2.59. The van der Waals surface area contributed by atoms with E-state index < -0.39 is 10.0 Å². The first-order valence-electron chi connectivity index (χ1n) is 7.58. The van der Waals surface area contributed by atoms with Crippen molar-refractivity contribution >= 4 is 15.9 Å². The van der Waals surface area contributed by atoms with Crippen LogP contribution in [0, 0.1) is 0 Å². The van der Waals surface area contributed by atoms with Crippen LogP contribution in [0.2, 0.25) is 0 Å². The summed E-state index contributed by atoms with van der Waals surface area (Å²) in [5, 5.41) is 2.64. The number of ether oxygens (including phenoxy) is 1. The van der Waals surface area contributed by atoms with E-state index >= 15 is 0 Å². The molecule has 7 heteroatoms. The molecule has 0 aliphatic carbocycles. The van der Waals surface area contributed by atoms with Crippen molar-refractivity contribution in [3.05, 3.63) is 36.4 Å². The van der Waals surface area contributed by atoms with Crippen LogP contribution in [-0.2, 0) is 10.0 Å². The van der Waals surface area contributed by atoms with E-state index in [0.717, 1.165) is 19.3 Å². The lowest BCUT2D eigenvalue weighted by molar-refractivity contribution is 0.0957. The topological polar surface area (TPSA) is 75.7 Å². The summed E-state index contributed by atoms with van der Waals surface area (Å²) in [6.07, 6.45) is 4.29. The normalized spacial score (nSPS) is 15.9. The fourth-order valence-corrected chi connectivity index (χ4v) is 4.23. The minimum Gasteiger partial charge on any atom is -0.495 e. The Morgan fingerprint density at radius 3 is 2.65 bits per heavy atom. The van der Waals surface area contributed by atoms with Crippen LogP contribution in [0.1, 0.15) is 29.6 Å². The van der Waals surface area contributed by atoms with Crippen LogP contribution in [0.3, 0.4) is 0 Å². The van der Waals surface area contributed by atoms with Crippen molar-refractivity contribution in [3.63, 3.8) is 0 Å². The van der Waals surface area contributed by atoms with Crippen molar-refractivity contribution in [2.24, 2.45) is 0 Å². The van der Waals surface area contributed by atoms with Gasteiger partial charge in [0.05, 0.1) is 7.11 Å². The second-order valence-corrected chi connectivity index (χ2v) is 7.24. The highest BCUT2D eigenvalue weighted by molar-refractivity contribution is 7.89. The first kappa shape index (κ1) is 17.5. The number of rotatable bonds is 6. The Morgan fingerprint density at radius 1 is 1.35 bits per heavy atom. The Balaban J connectivity index is 2.38. The van der Waals surface area contributed by atoms with Gasteiger partial charge in [-0.2, -0.15) is 4.31 Å². The van der Waals surface area contributed by atoms with Crippen LogP contribution >= 0.6 is 0 Å². The van der Waals surface area contributed by atoms with Crippen molar-refractivity contribution < 1.29 is 17.9 Å². The monoisotopic (exact) mass is 338 g/mol. The third-order valence-corrected chi connectivity index (χ3v) is 5.69. The van der Waals surface area contributed by atoms with Gasteiger partial charge in [0.2, 0.25) is 10.0 Å². The van der Waals surface area contributed by atoms with Gasteiger partial charge in [0.15, 0.2) is 0 Å². The molecule has 1 saturated heterocycles. The molecule has 23 heavy (non-hydrogen) atoms. The smallest absolute Gasteiger partial charge is 0.251 e. The molecule has 1 amide bonds. The fraction of sp³-hybridized carbons (Fsp3) is 0.438. The lowest BCUT2D eigenvalue weighted by Crippen LogP contribution is -2.36. The van der Waals surface area contributed by atoms with Gasteiger partial charge in [0.1, 0.15) is 10.6 Å². The molecule has 1 aromatic carbocycles. The van der Waals surface area contributed by atoms with Crippen molar-refractivity contribution in [1.82, 2.24) is 9.62 Å². The zero-order valence-corrected chi connectivity index (χ0v) is 14.1. The summed E-state index contributed by atoms with van der Waals surface area (Å²) in [5.74, 6) is -0.0986. The molecular formula is C16H22N2O4S. The average molecular weight is 338 g/mol. The number of nitrogens with one attached hydrogen (secondary N) is 1. The van der Waals surface area contributed by atoms with Crippen LogP contribution in [-0.4, -0.2) is 45.4 Å². The van der Waals surface area contributed by atoms with Crippen LogP contribution in [0.4, 0.5) is 0 Å². The number of sulfonamides is 1. The highest BCUT2D eigenvalue weighted by atomic mass is 32.2. The molecular weight excluding hydrogens is 316 g/mol. The Bertz CT molecular complexity index is 679. The minimum absolute atomic E-state index is 0.0353. The molecule has 0 atom stereocenters. The SMILES string of the molecule is C=CCNC(=O)c1ccc(OC)c(S(=O)(=O)N2CCCCC2)c1. The number of benzene rings is 1. The molecule has 1 heterocycles. The Kier molecular flexibility index (Phi) is 5.79. The minimum atomic E-state index is -3.67. The zero-order chi connectivity index (χ0) is 16.9. The quantitative estimate of drug-likeness (QED) is 0.802. The Hall–Kier alpha value is -1.86. The number of methoxy groups -OCH3 is 1. The van der Waals surface area contributed by atoms with E-state index in [2.05, 4.69) is 11.9 Å². The first-order valence-corrected chi connectivity index (χ1v) is 9.02. The van der Waals surface area contributed by atoms with E-state index in [9.17, 15) is 13.2 Å². The largest absolute Gasteiger partial charge is 0.495 e. The van der Waals surface area contributed by atoms with Gasteiger partial charge in [0, 0.05) is 25.2 Å². The van der Waals surface area contributed by atoms with Crippen LogP contribution in [0.15, 0.2) is 35.7 Å². The van der Waals surface area contributed by atoms with Crippen molar-refractivity contribution in [3.8, 4) is 5.75 Å². The molecule has 0 saturated carbocycles. The van der Waals surface area contributed by atoms with Gasteiger partial charge in [-0.3, -0.25) is 4.79 Å². The summed E-state index contributed by atoms with van der Waals surface area (Å²) in [6.45, 7) is 4.85. The fourth-order valence-electron chi connectivity index (χ4n) is 2.53. The van der Waals surface area contributed by atoms with Crippen LogP contribution in [0.5, 0.6) is 5.75 Å². The van der Waals surface area contributed by atoms with Gasteiger partial charge in [-0.1, -0.05) is 12.5 Å². The molecule has 2 rings (SSSR count). The number of nitrogens with zero attached hydrogens (tertiary/aromatic N) is 1. The van der Waals surface area contributed by atoms with Crippen LogP contribution in [0.25, 0.3) is 0 Å². The molecule has 126 valence electrons. The molecule has 0 spiro atoms. The summed E-state index contributed by atoms with van der Waals surface area (Å²) < 4.78 is 32.4. The molecule has 1 N–H and O–H groups in total. The van der Waals surface area contributed by atoms with Crippen LogP contribution < -0.4 is 10.1 Å². The molecule has 0 unspecified atom stereocenters. The lowest BCUT2D eigenvalue weighted by Gasteiger charge is -2.26. The Morgan fingerprint density at radius 2 is 2.04 bits per heavy atom. The number of carbonyl (C=O) groups excluding carboxylic acids is 1. The number of amides is 1. The first-order chi connectivity index (χ1) is 11.0. The van der Waals surface area contributed by atoms with Gasteiger partial charge in [-0.05, 0) is 31.0 Å². The lowest BCUT2D eigenvalue weighted by atomic mass is 10.2. The molecule has 1 aromatic rings. The van der Waals surface area contributed by atoms with Crippen molar-refractivity contribution in [2.45, 2.75) is 24.2 Å². The van der Waals surface area contributed by atoms with Gasteiger partial charge in [-0.25, -0.2) is 8.42 Å². The predicted molar refractivity (Wildman–Crippen MR) is 88.1 cm³/mol. The maximum Gasteiger partial charge on any atom is 0.251 e. The summed E-state index contributed by atoms with van der Waals surface area (Å²) in [7, 11) is -2.25. The zero-order valence-electron chi connectivity index (χ0n) is 13.2. The van der Waals surface area contributed by atoms with Gasteiger partial charge >= 0.3 is 0 Å². The van der Waals surface area contributed by atoms with E-state index in [1.165, 1.54) is 23.5 Å². The molecule has 0 radical (unpaired) electrons. The third-order valence-electron chi connectivity index (χ3n) is 3.77. The van der Waals surface area contributed by atoms with E-state index in [4.69, 9.17) is 4.74 Å². The number of piperidine rings is 1. The van der Waals surface area contributed by atoms with E-state index in [-0.39, 0.29) is 22.1 Å². The highest BCUT2D eigenvalue weighted by Gasteiger charge is 2.29. The Labute approximate surface area is 137 Å². The summed E-state index contributed by atoms with van der Waals surface area (Å²) in [6, 6.07) is 4.44. The third kappa shape index (κ3) is 3.92. The molecule has 0 bridgehead atoms. The molecule has 0 aromatic heterocycles.